The molecule has 0 bridgehead atoms. The number of esters is 1. The highest BCUT2D eigenvalue weighted by Gasteiger charge is 2.17. The quantitative estimate of drug-likeness (QED) is 0.656. The number of H-pyrrole nitrogens is 1. The number of nitrogens with one attached hydrogen (secondary N) is 1. The van der Waals surface area contributed by atoms with E-state index in [-0.39, 0.29) is 11.3 Å². The highest BCUT2D eigenvalue weighted by Crippen LogP contribution is 2.39. The maximum Gasteiger partial charge on any atom is 0.308 e. The predicted molar refractivity (Wildman–Crippen MR) is 87.5 cm³/mol. The number of hydrogen-bond donors (Lipinski definition) is 1. The predicted octanol–water partition coefficient (Wildman–Crippen LogP) is 2.92. The molecule has 1 heterocycles. The average Bonchev–Trinajstić information content (AvgIpc) is 2.46. The van der Waals surface area contributed by atoms with Gasteiger partial charge in [-0.15, -0.1) is 0 Å². The summed E-state index contributed by atoms with van der Waals surface area (Å²) < 4.78 is 10.9. The van der Waals surface area contributed by atoms with Crippen molar-refractivity contribution >= 4 is 21.9 Å². The average molecular weight is 377 g/mol. The van der Waals surface area contributed by atoms with Crippen LogP contribution in [0.2, 0.25) is 0 Å². The molecular formula is C16H13BrN2O4. The number of carbonyl (C=O) groups excluding carboxylic acids is 1. The molecule has 1 aromatic heterocycles. The summed E-state index contributed by atoms with van der Waals surface area (Å²) >= 11 is 3.38. The summed E-state index contributed by atoms with van der Waals surface area (Å²) in [6.45, 7) is 3.01. The molecule has 7 heteroatoms. The largest absolute Gasteiger partial charge is 0.493 e. The Balaban J connectivity index is 2.73. The van der Waals surface area contributed by atoms with Crippen LogP contribution in [0, 0.1) is 18.3 Å². The van der Waals surface area contributed by atoms with E-state index in [2.05, 4.69) is 20.9 Å². The molecule has 0 saturated heterocycles. The molecule has 0 amide bonds. The van der Waals surface area contributed by atoms with Crippen LogP contribution in [0.1, 0.15) is 18.2 Å². The van der Waals surface area contributed by atoms with Crippen LogP contribution in [0.25, 0.3) is 11.1 Å². The Morgan fingerprint density at radius 1 is 1.26 bits per heavy atom. The summed E-state index contributed by atoms with van der Waals surface area (Å²) in [6, 6.07) is 6.78. The van der Waals surface area contributed by atoms with Gasteiger partial charge in [0.15, 0.2) is 11.5 Å². The van der Waals surface area contributed by atoms with E-state index in [1.807, 2.05) is 6.07 Å². The topological polar surface area (TPSA) is 92.2 Å². The van der Waals surface area contributed by atoms with Crippen molar-refractivity contribution in [1.82, 2.24) is 4.98 Å². The van der Waals surface area contributed by atoms with E-state index in [0.29, 0.717) is 27.0 Å². The number of rotatable bonds is 3. The van der Waals surface area contributed by atoms with Crippen molar-refractivity contribution in [3.63, 3.8) is 0 Å². The zero-order valence-electron chi connectivity index (χ0n) is 12.7. The number of carbonyl (C=O) groups is 1. The van der Waals surface area contributed by atoms with Crippen molar-refractivity contribution in [2.24, 2.45) is 0 Å². The van der Waals surface area contributed by atoms with Crippen molar-refractivity contribution in [2.75, 3.05) is 7.11 Å². The maximum atomic E-state index is 11.9. The lowest BCUT2D eigenvalue weighted by Gasteiger charge is -2.13. The van der Waals surface area contributed by atoms with Gasteiger partial charge in [0.2, 0.25) is 0 Å². The molecule has 2 aromatic rings. The fraction of sp³-hybridized carbons (Fsp3) is 0.188. The Labute approximate surface area is 140 Å². The zero-order chi connectivity index (χ0) is 17.1. The van der Waals surface area contributed by atoms with Crippen LogP contribution < -0.4 is 15.0 Å². The standard InChI is InChI=1S/C16H13BrN2O4/c1-8-4-10(12(7-18)16(21)19-8)11-5-14(22-3)15(6-13(11)17)23-9(2)20/h4-6H,1-3H3,(H,19,21). The number of hydrogen-bond acceptors (Lipinski definition) is 5. The first-order valence-electron chi connectivity index (χ1n) is 6.57. The number of aryl methyl sites for hydroxylation is 1. The van der Waals surface area contributed by atoms with Crippen LogP contribution in [0.3, 0.4) is 0 Å². The minimum absolute atomic E-state index is 0.00131. The minimum atomic E-state index is -0.479. The van der Waals surface area contributed by atoms with Crippen LogP contribution in [0.5, 0.6) is 11.5 Å². The van der Waals surface area contributed by atoms with Crippen LogP contribution in [-0.4, -0.2) is 18.1 Å². The molecule has 0 atom stereocenters. The first-order chi connectivity index (χ1) is 10.9. The fourth-order valence-corrected chi connectivity index (χ4v) is 2.68. The van der Waals surface area contributed by atoms with E-state index in [4.69, 9.17) is 9.47 Å². The Morgan fingerprint density at radius 3 is 2.52 bits per heavy atom. The number of aromatic amines is 1. The van der Waals surface area contributed by atoms with Crippen molar-refractivity contribution in [2.45, 2.75) is 13.8 Å². The number of ether oxygens (including phenoxy) is 2. The van der Waals surface area contributed by atoms with E-state index in [1.54, 1.807) is 25.1 Å². The SMILES string of the molecule is COc1cc(-c2cc(C)[nH]c(=O)c2C#N)c(Br)cc1OC(C)=O. The van der Waals surface area contributed by atoms with Gasteiger partial charge in [-0.1, -0.05) is 15.9 Å². The van der Waals surface area contributed by atoms with Crippen LogP contribution in [-0.2, 0) is 4.79 Å². The van der Waals surface area contributed by atoms with E-state index in [1.165, 1.54) is 14.0 Å². The molecular weight excluding hydrogens is 364 g/mol. The minimum Gasteiger partial charge on any atom is -0.493 e. The number of methoxy groups -OCH3 is 1. The van der Waals surface area contributed by atoms with Gasteiger partial charge in [0, 0.05) is 28.2 Å². The Bertz CT molecular complexity index is 881. The third kappa shape index (κ3) is 3.43. The van der Waals surface area contributed by atoms with Gasteiger partial charge in [-0.05, 0) is 25.1 Å². The maximum absolute atomic E-state index is 11.9. The zero-order valence-corrected chi connectivity index (χ0v) is 14.3. The van der Waals surface area contributed by atoms with Crippen LogP contribution >= 0.6 is 15.9 Å². The van der Waals surface area contributed by atoms with Crippen LogP contribution in [0.15, 0.2) is 27.5 Å². The summed E-state index contributed by atoms with van der Waals surface area (Å²) in [5.41, 5.74) is 1.21. The molecule has 118 valence electrons. The third-order valence-corrected chi connectivity index (χ3v) is 3.73. The number of nitriles is 1. The molecule has 23 heavy (non-hydrogen) atoms. The number of benzene rings is 1. The van der Waals surface area contributed by atoms with Gasteiger partial charge in [0.1, 0.15) is 11.6 Å². The van der Waals surface area contributed by atoms with Crippen molar-refractivity contribution < 1.29 is 14.3 Å². The molecule has 0 aliphatic rings. The molecule has 2 rings (SSSR count). The van der Waals surface area contributed by atoms with Gasteiger partial charge >= 0.3 is 5.97 Å². The van der Waals surface area contributed by atoms with E-state index >= 15 is 0 Å². The second kappa shape index (κ2) is 6.67. The highest BCUT2D eigenvalue weighted by molar-refractivity contribution is 9.10. The molecule has 0 aliphatic heterocycles. The molecule has 6 nitrogen and oxygen atoms in total. The van der Waals surface area contributed by atoms with Crippen molar-refractivity contribution in [3.05, 3.63) is 44.3 Å². The first-order valence-corrected chi connectivity index (χ1v) is 7.37. The Hall–Kier alpha value is -2.59. The van der Waals surface area contributed by atoms with Crippen molar-refractivity contribution in [1.29, 1.82) is 5.26 Å². The van der Waals surface area contributed by atoms with Gasteiger partial charge < -0.3 is 14.5 Å². The van der Waals surface area contributed by atoms with Gasteiger partial charge in [0.25, 0.3) is 5.56 Å². The van der Waals surface area contributed by atoms with Gasteiger partial charge in [-0.2, -0.15) is 5.26 Å². The normalized spacial score (nSPS) is 10.0. The lowest BCUT2D eigenvalue weighted by molar-refractivity contribution is -0.132. The number of nitrogens with zero attached hydrogens (tertiary/aromatic N) is 1. The van der Waals surface area contributed by atoms with Gasteiger partial charge in [-0.3, -0.25) is 9.59 Å². The smallest absolute Gasteiger partial charge is 0.308 e. The van der Waals surface area contributed by atoms with Crippen molar-refractivity contribution in [3.8, 4) is 28.7 Å². The Morgan fingerprint density at radius 2 is 1.96 bits per heavy atom. The van der Waals surface area contributed by atoms with E-state index < -0.39 is 11.5 Å². The molecule has 1 aromatic carbocycles. The number of pyridine rings is 1. The second-order valence-electron chi connectivity index (χ2n) is 4.76. The summed E-state index contributed by atoms with van der Waals surface area (Å²) in [5.74, 6) is 0.0867. The molecule has 0 saturated carbocycles. The monoisotopic (exact) mass is 376 g/mol. The lowest BCUT2D eigenvalue weighted by Crippen LogP contribution is -2.13. The summed E-state index contributed by atoms with van der Waals surface area (Å²) in [5, 5.41) is 9.26. The van der Waals surface area contributed by atoms with Gasteiger partial charge in [0.05, 0.1) is 7.11 Å². The third-order valence-electron chi connectivity index (χ3n) is 3.08. The highest BCUT2D eigenvalue weighted by atomic mass is 79.9. The molecule has 0 unspecified atom stereocenters. The molecule has 0 aliphatic carbocycles. The fourth-order valence-electron chi connectivity index (χ4n) is 2.15. The molecule has 0 spiro atoms. The number of aromatic nitrogens is 1. The molecule has 1 N–H and O–H groups in total. The molecule has 0 radical (unpaired) electrons. The first kappa shape index (κ1) is 16.8. The summed E-state index contributed by atoms with van der Waals surface area (Å²) in [6.07, 6.45) is 0. The second-order valence-corrected chi connectivity index (χ2v) is 5.61. The van der Waals surface area contributed by atoms with Crippen LogP contribution in [0.4, 0.5) is 0 Å². The summed E-state index contributed by atoms with van der Waals surface area (Å²) in [7, 11) is 1.44. The number of halogens is 1. The summed E-state index contributed by atoms with van der Waals surface area (Å²) in [4.78, 5) is 25.7. The van der Waals surface area contributed by atoms with Gasteiger partial charge in [-0.25, -0.2) is 0 Å². The van der Waals surface area contributed by atoms with E-state index in [0.717, 1.165) is 0 Å². The molecule has 0 fully saturated rings. The lowest BCUT2D eigenvalue weighted by atomic mass is 10.0. The van der Waals surface area contributed by atoms with E-state index in [9.17, 15) is 14.9 Å². The Kier molecular flexibility index (Phi) is 4.86.